The van der Waals surface area contributed by atoms with Gasteiger partial charge < -0.3 is 13.3 Å². The van der Waals surface area contributed by atoms with Crippen molar-refractivity contribution in [2.75, 3.05) is 6.26 Å². The number of allylic oxidation sites excluding steroid dienone is 1. The predicted molar refractivity (Wildman–Crippen MR) is 95.7 cm³/mol. The summed E-state index contributed by atoms with van der Waals surface area (Å²) in [7, 11) is -3.77. The highest BCUT2D eigenvalue weighted by molar-refractivity contribution is 7.86. The standard InChI is InChI=1S/C18H20O6S/c1-9-7-14(19)22-12-8-13(24-25(6,20)21)16-10(2)11(3)18(4,5)23-17(16)15(9)12/h7-8H,1-6H3. The Kier molecular flexibility index (Phi) is 3.76. The van der Waals surface area contributed by atoms with Crippen molar-refractivity contribution in [2.24, 2.45) is 0 Å². The van der Waals surface area contributed by atoms with Crippen molar-refractivity contribution < 1.29 is 21.8 Å². The van der Waals surface area contributed by atoms with E-state index < -0.39 is 21.3 Å². The van der Waals surface area contributed by atoms with E-state index >= 15 is 0 Å². The second-order valence-electron chi connectivity index (χ2n) is 6.85. The molecule has 1 aromatic heterocycles. The fraction of sp³-hybridized carbons (Fsp3) is 0.389. The summed E-state index contributed by atoms with van der Waals surface area (Å²) in [6, 6.07) is 2.82. The molecule has 0 unspecified atom stereocenters. The first-order valence-electron chi connectivity index (χ1n) is 7.79. The summed E-state index contributed by atoms with van der Waals surface area (Å²) in [4.78, 5) is 11.7. The largest absolute Gasteiger partial charge is 0.482 e. The lowest BCUT2D eigenvalue weighted by molar-refractivity contribution is 0.146. The van der Waals surface area contributed by atoms with Crippen LogP contribution in [0.2, 0.25) is 0 Å². The van der Waals surface area contributed by atoms with Gasteiger partial charge in [-0.15, -0.1) is 0 Å². The quantitative estimate of drug-likeness (QED) is 0.600. The molecule has 0 fully saturated rings. The molecule has 3 rings (SSSR count). The van der Waals surface area contributed by atoms with Crippen LogP contribution in [0, 0.1) is 6.92 Å². The zero-order valence-electron chi connectivity index (χ0n) is 15.0. The van der Waals surface area contributed by atoms with Crippen molar-refractivity contribution in [3.05, 3.63) is 39.3 Å². The van der Waals surface area contributed by atoms with E-state index in [0.29, 0.717) is 22.3 Å². The van der Waals surface area contributed by atoms with Gasteiger partial charge in [-0.1, -0.05) is 0 Å². The molecule has 1 aliphatic heterocycles. The molecule has 0 spiro atoms. The van der Waals surface area contributed by atoms with Crippen LogP contribution in [0.5, 0.6) is 11.5 Å². The molecule has 2 aromatic rings. The second-order valence-corrected chi connectivity index (χ2v) is 8.43. The third kappa shape index (κ3) is 2.93. The topological polar surface area (TPSA) is 82.8 Å². The Morgan fingerprint density at radius 1 is 1.12 bits per heavy atom. The summed E-state index contributed by atoms with van der Waals surface area (Å²) in [6.45, 7) is 9.48. The molecular weight excluding hydrogens is 344 g/mol. The van der Waals surface area contributed by atoms with Crippen LogP contribution in [0.25, 0.3) is 16.5 Å². The van der Waals surface area contributed by atoms with E-state index in [0.717, 1.165) is 17.4 Å². The highest BCUT2D eigenvalue weighted by Crippen LogP contribution is 2.49. The Bertz CT molecular complexity index is 1090. The van der Waals surface area contributed by atoms with Gasteiger partial charge in [0.15, 0.2) is 5.75 Å². The molecular formula is C18H20O6S. The van der Waals surface area contributed by atoms with E-state index in [1.165, 1.54) is 12.1 Å². The van der Waals surface area contributed by atoms with Gasteiger partial charge in [-0.2, -0.15) is 8.42 Å². The molecule has 0 saturated heterocycles. The number of benzene rings is 1. The molecule has 2 heterocycles. The maximum Gasteiger partial charge on any atom is 0.336 e. The minimum absolute atomic E-state index is 0.0890. The molecule has 134 valence electrons. The van der Waals surface area contributed by atoms with Crippen molar-refractivity contribution in [2.45, 2.75) is 40.2 Å². The smallest absolute Gasteiger partial charge is 0.336 e. The molecule has 0 aliphatic carbocycles. The summed E-state index contributed by atoms with van der Waals surface area (Å²) < 4.78 is 40.0. The van der Waals surface area contributed by atoms with E-state index in [9.17, 15) is 13.2 Å². The first-order chi connectivity index (χ1) is 11.4. The summed E-state index contributed by atoms with van der Waals surface area (Å²) >= 11 is 0. The van der Waals surface area contributed by atoms with Crippen molar-refractivity contribution >= 4 is 26.7 Å². The molecule has 0 bridgehead atoms. The molecule has 6 nitrogen and oxygen atoms in total. The van der Waals surface area contributed by atoms with Crippen LogP contribution in [0.1, 0.15) is 38.8 Å². The van der Waals surface area contributed by atoms with E-state index in [1.54, 1.807) is 6.92 Å². The Hall–Kier alpha value is -2.28. The predicted octanol–water partition coefficient (Wildman–Crippen LogP) is 3.40. The van der Waals surface area contributed by atoms with Crippen LogP contribution in [-0.2, 0) is 10.1 Å². The number of hydrogen-bond acceptors (Lipinski definition) is 6. The average Bonchev–Trinajstić information content (AvgIpc) is 2.41. The minimum atomic E-state index is -3.77. The first-order valence-corrected chi connectivity index (χ1v) is 9.60. The average molecular weight is 364 g/mol. The van der Waals surface area contributed by atoms with Gasteiger partial charge in [0.05, 0.1) is 17.2 Å². The van der Waals surface area contributed by atoms with Gasteiger partial charge in [-0.25, -0.2) is 4.79 Å². The van der Waals surface area contributed by atoms with Gasteiger partial charge in [-0.3, -0.25) is 0 Å². The van der Waals surface area contributed by atoms with Crippen LogP contribution < -0.4 is 14.5 Å². The van der Waals surface area contributed by atoms with Gasteiger partial charge in [0, 0.05) is 12.1 Å². The number of aryl methyl sites for hydroxylation is 1. The van der Waals surface area contributed by atoms with E-state index in [2.05, 4.69) is 0 Å². The van der Waals surface area contributed by atoms with Crippen LogP contribution in [0.3, 0.4) is 0 Å². The van der Waals surface area contributed by atoms with Crippen molar-refractivity contribution in [3.63, 3.8) is 0 Å². The molecule has 0 amide bonds. The van der Waals surface area contributed by atoms with E-state index in [4.69, 9.17) is 13.3 Å². The van der Waals surface area contributed by atoms with Crippen LogP contribution in [-0.4, -0.2) is 20.3 Å². The van der Waals surface area contributed by atoms with Crippen molar-refractivity contribution in [3.8, 4) is 11.5 Å². The molecule has 0 atom stereocenters. The fourth-order valence-electron chi connectivity index (χ4n) is 3.11. The van der Waals surface area contributed by atoms with E-state index in [1.807, 2.05) is 27.7 Å². The summed E-state index contributed by atoms with van der Waals surface area (Å²) in [5.41, 5.74) is 2.21. The molecule has 0 saturated carbocycles. The lowest BCUT2D eigenvalue weighted by Crippen LogP contribution is -2.33. The fourth-order valence-corrected chi connectivity index (χ4v) is 3.57. The Balaban J connectivity index is 2.51. The van der Waals surface area contributed by atoms with Gasteiger partial charge in [0.25, 0.3) is 0 Å². The zero-order valence-corrected chi connectivity index (χ0v) is 15.8. The van der Waals surface area contributed by atoms with E-state index in [-0.39, 0.29) is 11.3 Å². The summed E-state index contributed by atoms with van der Waals surface area (Å²) in [6.07, 6.45) is 0.968. The highest BCUT2D eigenvalue weighted by atomic mass is 32.2. The zero-order chi connectivity index (χ0) is 18.7. The van der Waals surface area contributed by atoms with Gasteiger partial charge in [0.2, 0.25) is 0 Å². The molecule has 7 heteroatoms. The third-order valence-corrected chi connectivity index (χ3v) is 5.07. The Morgan fingerprint density at radius 3 is 2.36 bits per heavy atom. The van der Waals surface area contributed by atoms with Crippen LogP contribution in [0.4, 0.5) is 0 Å². The lowest BCUT2D eigenvalue weighted by atomic mass is 9.86. The maximum absolute atomic E-state index is 11.7. The summed E-state index contributed by atoms with van der Waals surface area (Å²) in [5, 5.41) is 0.635. The highest BCUT2D eigenvalue weighted by Gasteiger charge is 2.35. The first kappa shape index (κ1) is 17.5. The van der Waals surface area contributed by atoms with Crippen LogP contribution >= 0.6 is 0 Å². The maximum atomic E-state index is 11.7. The van der Waals surface area contributed by atoms with Gasteiger partial charge in [0.1, 0.15) is 16.9 Å². The van der Waals surface area contributed by atoms with Crippen molar-refractivity contribution in [1.82, 2.24) is 0 Å². The Labute approximate surface area is 146 Å². The molecule has 1 aromatic carbocycles. The second kappa shape index (κ2) is 5.36. The monoisotopic (exact) mass is 364 g/mol. The third-order valence-electron chi connectivity index (χ3n) is 4.59. The SMILES string of the molecule is CC1=C(C)C(C)(C)Oc2c1c(OS(C)(=O)=O)cc1oc(=O)cc(C)c21. The van der Waals surface area contributed by atoms with Gasteiger partial charge >= 0.3 is 15.7 Å². The van der Waals surface area contributed by atoms with Crippen LogP contribution in [0.15, 0.2) is 26.9 Å². The summed E-state index contributed by atoms with van der Waals surface area (Å²) in [5.74, 6) is 0.552. The number of ether oxygens (including phenoxy) is 1. The molecule has 1 aliphatic rings. The molecule has 25 heavy (non-hydrogen) atoms. The molecule has 0 N–H and O–H groups in total. The Morgan fingerprint density at radius 2 is 1.76 bits per heavy atom. The lowest BCUT2D eigenvalue weighted by Gasteiger charge is -2.36. The normalized spacial score (nSPS) is 16.6. The van der Waals surface area contributed by atoms with Crippen molar-refractivity contribution in [1.29, 1.82) is 0 Å². The minimum Gasteiger partial charge on any atom is -0.482 e. The van der Waals surface area contributed by atoms with Gasteiger partial charge in [-0.05, 0) is 51.3 Å². The number of rotatable bonds is 2. The molecule has 0 radical (unpaired) electrons. The number of hydrogen-bond donors (Lipinski definition) is 0. The number of fused-ring (bicyclic) bond motifs is 3.